The van der Waals surface area contributed by atoms with Crippen LogP contribution in [-0.2, 0) is 0 Å². The van der Waals surface area contributed by atoms with Gasteiger partial charge in [0.2, 0.25) is 0 Å². The molecule has 0 unspecified atom stereocenters. The van der Waals surface area contributed by atoms with E-state index in [1.807, 2.05) is 30.3 Å². The predicted molar refractivity (Wildman–Crippen MR) is 91.1 cm³/mol. The third-order valence-electron chi connectivity index (χ3n) is 3.68. The normalized spacial score (nSPS) is 10.3. The standard InChI is InChI=1S/C19H23N3O/c1-2-3-4-5-6-7-12-23-18-10-8-16(9-11-18)19-15-21-17(13-20)14-22-19/h8-11,14-15H,2-7,12H2,1H3. The van der Waals surface area contributed by atoms with Gasteiger partial charge in [0.25, 0.3) is 0 Å². The maximum absolute atomic E-state index is 8.73. The molecule has 23 heavy (non-hydrogen) atoms. The van der Waals surface area contributed by atoms with Gasteiger partial charge in [-0.2, -0.15) is 5.26 Å². The van der Waals surface area contributed by atoms with Gasteiger partial charge in [-0.05, 0) is 30.7 Å². The lowest BCUT2D eigenvalue weighted by atomic mass is 10.1. The van der Waals surface area contributed by atoms with Crippen LogP contribution in [0.15, 0.2) is 36.7 Å². The SMILES string of the molecule is CCCCCCCCOc1ccc(-c2cnc(C#N)cn2)cc1. The highest BCUT2D eigenvalue weighted by atomic mass is 16.5. The number of benzene rings is 1. The quantitative estimate of drug-likeness (QED) is 0.627. The summed E-state index contributed by atoms with van der Waals surface area (Å²) in [5.74, 6) is 0.879. The highest BCUT2D eigenvalue weighted by Gasteiger charge is 2.01. The average molecular weight is 309 g/mol. The van der Waals surface area contributed by atoms with E-state index in [9.17, 15) is 0 Å². The van der Waals surface area contributed by atoms with Crippen molar-refractivity contribution in [3.63, 3.8) is 0 Å². The Morgan fingerprint density at radius 3 is 2.35 bits per heavy atom. The van der Waals surface area contributed by atoms with E-state index in [1.165, 1.54) is 38.3 Å². The fraction of sp³-hybridized carbons (Fsp3) is 0.421. The van der Waals surface area contributed by atoms with Gasteiger partial charge in [0, 0.05) is 5.56 Å². The van der Waals surface area contributed by atoms with Crippen LogP contribution in [0.1, 0.15) is 51.1 Å². The molecule has 0 aliphatic carbocycles. The second-order valence-electron chi connectivity index (χ2n) is 5.54. The summed E-state index contributed by atoms with van der Waals surface area (Å²) in [6.45, 7) is 3.00. The largest absolute Gasteiger partial charge is 0.494 e. The van der Waals surface area contributed by atoms with E-state index in [0.29, 0.717) is 5.69 Å². The summed E-state index contributed by atoms with van der Waals surface area (Å²) < 4.78 is 5.76. The molecule has 0 N–H and O–H groups in total. The Hall–Kier alpha value is -2.41. The molecular formula is C19H23N3O. The monoisotopic (exact) mass is 309 g/mol. The number of aromatic nitrogens is 2. The van der Waals surface area contributed by atoms with Crippen LogP contribution in [0.2, 0.25) is 0 Å². The summed E-state index contributed by atoms with van der Waals surface area (Å²) in [6, 6.07) is 9.80. The van der Waals surface area contributed by atoms with Crippen LogP contribution in [0, 0.1) is 11.3 Å². The summed E-state index contributed by atoms with van der Waals surface area (Å²) in [5.41, 5.74) is 2.05. The van der Waals surface area contributed by atoms with Crippen molar-refractivity contribution in [1.82, 2.24) is 9.97 Å². The van der Waals surface area contributed by atoms with Gasteiger partial charge in [-0.25, -0.2) is 4.98 Å². The molecule has 4 nitrogen and oxygen atoms in total. The van der Waals surface area contributed by atoms with Crippen LogP contribution in [0.4, 0.5) is 0 Å². The zero-order valence-electron chi connectivity index (χ0n) is 13.7. The van der Waals surface area contributed by atoms with Gasteiger partial charge >= 0.3 is 0 Å². The van der Waals surface area contributed by atoms with Gasteiger partial charge in [0.05, 0.1) is 24.7 Å². The molecule has 0 aliphatic heterocycles. The number of unbranched alkanes of at least 4 members (excludes halogenated alkanes) is 5. The number of rotatable bonds is 9. The van der Waals surface area contributed by atoms with Crippen molar-refractivity contribution < 1.29 is 4.74 Å². The highest BCUT2D eigenvalue weighted by molar-refractivity contribution is 5.59. The summed E-state index contributed by atoms with van der Waals surface area (Å²) in [7, 11) is 0. The van der Waals surface area contributed by atoms with Gasteiger partial charge in [-0.1, -0.05) is 39.0 Å². The molecule has 0 amide bonds. The van der Waals surface area contributed by atoms with Crippen molar-refractivity contribution in [1.29, 1.82) is 5.26 Å². The van der Waals surface area contributed by atoms with Crippen molar-refractivity contribution >= 4 is 0 Å². The maximum atomic E-state index is 8.73. The van der Waals surface area contributed by atoms with Crippen LogP contribution in [0.3, 0.4) is 0 Å². The summed E-state index contributed by atoms with van der Waals surface area (Å²) in [4.78, 5) is 8.27. The van der Waals surface area contributed by atoms with E-state index >= 15 is 0 Å². The number of nitrogens with zero attached hydrogens (tertiary/aromatic N) is 3. The minimum atomic E-state index is 0.327. The molecule has 1 aromatic carbocycles. The molecule has 0 bridgehead atoms. The Balaban J connectivity index is 1.77. The van der Waals surface area contributed by atoms with Crippen LogP contribution in [0.5, 0.6) is 5.75 Å². The minimum absolute atomic E-state index is 0.327. The summed E-state index contributed by atoms with van der Waals surface area (Å²) in [5, 5.41) is 8.73. The molecule has 4 heteroatoms. The molecule has 2 rings (SSSR count). The Labute approximate surface area is 138 Å². The van der Waals surface area contributed by atoms with Crippen LogP contribution >= 0.6 is 0 Å². The average Bonchev–Trinajstić information content (AvgIpc) is 2.61. The lowest BCUT2D eigenvalue weighted by Crippen LogP contribution is -1.97. The fourth-order valence-electron chi connectivity index (χ4n) is 2.33. The molecule has 0 spiro atoms. The molecule has 0 radical (unpaired) electrons. The van der Waals surface area contributed by atoms with Crippen LogP contribution in [0.25, 0.3) is 11.3 Å². The van der Waals surface area contributed by atoms with Crippen molar-refractivity contribution in [3.05, 3.63) is 42.4 Å². The van der Waals surface area contributed by atoms with E-state index in [-0.39, 0.29) is 0 Å². The number of nitriles is 1. The fourth-order valence-corrected chi connectivity index (χ4v) is 2.33. The molecule has 1 heterocycles. The predicted octanol–water partition coefficient (Wildman–Crippen LogP) is 4.75. The molecule has 0 atom stereocenters. The van der Waals surface area contributed by atoms with Crippen LogP contribution in [-0.4, -0.2) is 16.6 Å². The molecule has 2 aromatic rings. The van der Waals surface area contributed by atoms with E-state index in [1.54, 1.807) is 6.20 Å². The number of hydrogen-bond donors (Lipinski definition) is 0. The third kappa shape index (κ3) is 5.71. The lowest BCUT2D eigenvalue weighted by molar-refractivity contribution is 0.304. The van der Waals surface area contributed by atoms with E-state index in [2.05, 4.69) is 16.9 Å². The molecule has 120 valence electrons. The molecular weight excluding hydrogens is 286 g/mol. The van der Waals surface area contributed by atoms with Crippen molar-refractivity contribution in [2.45, 2.75) is 45.4 Å². The van der Waals surface area contributed by atoms with E-state index in [0.717, 1.165) is 30.0 Å². The zero-order valence-corrected chi connectivity index (χ0v) is 13.7. The van der Waals surface area contributed by atoms with Gasteiger partial charge in [-0.15, -0.1) is 0 Å². The third-order valence-corrected chi connectivity index (χ3v) is 3.68. The van der Waals surface area contributed by atoms with Crippen LogP contribution < -0.4 is 4.74 Å². The van der Waals surface area contributed by atoms with Gasteiger partial charge < -0.3 is 4.74 Å². The maximum Gasteiger partial charge on any atom is 0.158 e. The number of ether oxygens (including phenoxy) is 1. The first-order chi connectivity index (χ1) is 11.3. The first-order valence-corrected chi connectivity index (χ1v) is 8.29. The van der Waals surface area contributed by atoms with Crippen molar-refractivity contribution in [2.24, 2.45) is 0 Å². The first kappa shape index (κ1) is 17.0. The molecule has 0 saturated carbocycles. The van der Waals surface area contributed by atoms with Gasteiger partial charge in [0.15, 0.2) is 5.69 Å². The minimum Gasteiger partial charge on any atom is -0.494 e. The van der Waals surface area contributed by atoms with Crippen molar-refractivity contribution in [2.75, 3.05) is 6.61 Å². The lowest BCUT2D eigenvalue weighted by Gasteiger charge is -2.07. The topological polar surface area (TPSA) is 58.8 Å². The van der Waals surface area contributed by atoms with Gasteiger partial charge in [0.1, 0.15) is 11.8 Å². The molecule has 0 fully saturated rings. The summed E-state index contributed by atoms with van der Waals surface area (Å²) >= 11 is 0. The molecule has 0 aliphatic rings. The Morgan fingerprint density at radius 2 is 1.70 bits per heavy atom. The first-order valence-electron chi connectivity index (χ1n) is 8.29. The molecule has 0 saturated heterocycles. The van der Waals surface area contributed by atoms with Gasteiger partial charge in [-0.3, -0.25) is 4.98 Å². The Kier molecular flexibility index (Phi) is 7.06. The Morgan fingerprint density at radius 1 is 0.957 bits per heavy atom. The summed E-state index contributed by atoms with van der Waals surface area (Å²) in [6.07, 6.45) is 10.7. The van der Waals surface area contributed by atoms with E-state index in [4.69, 9.17) is 10.00 Å². The molecule has 1 aromatic heterocycles. The highest BCUT2D eigenvalue weighted by Crippen LogP contribution is 2.20. The zero-order chi connectivity index (χ0) is 16.3. The Bertz CT molecular complexity index is 615. The number of hydrogen-bond acceptors (Lipinski definition) is 4. The second kappa shape index (κ2) is 9.58. The van der Waals surface area contributed by atoms with E-state index < -0.39 is 0 Å². The van der Waals surface area contributed by atoms with Crippen molar-refractivity contribution in [3.8, 4) is 23.1 Å². The second-order valence-corrected chi connectivity index (χ2v) is 5.54. The smallest absolute Gasteiger partial charge is 0.158 e.